The Labute approximate surface area is 159 Å². The smallest absolute Gasteiger partial charge is 0.407 e. The zero-order valence-electron chi connectivity index (χ0n) is 16.3. The van der Waals surface area contributed by atoms with Crippen LogP contribution in [0.25, 0.3) is 0 Å². The van der Waals surface area contributed by atoms with Gasteiger partial charge in [-0.25, -0.2) is 9.18 Å². The van der Waals surface area contributed by atoms with Crippen LogP contribution in [0.5, 0.6) is 0 Å². The van der Waals surface area contributed by atoms with E-state index >= 15 is 0 Å². The van der Waals surface area contributed by atoms with Crippen LogP contribution in [0.4, 0.5) is 9.18 Å². The van der Waals surface area contributed by atoms with Gasteiger partial charge < -0.3 is 19.9 Å². The number of nitrogens with one attached hydrogen (secondary N) is 2. The van der Waals surface area contributed by atoms with Gasteiger partial charge in [-0.05, 0) is 57.7 Å². The lowest BCUT2D eigenvalue weighted by molar-refractivity contribution is -0.144. The van der Waals surface area contributed by atoms with Crippen LogP contribution in [0.3, 0.4) is 0 Å². The van der Waals surface area contributed by atoms with Crippen molar-refractivity contribution in [3.05, 3.63) is 35.6 Å². The summed E-state index contributed by atoms with van der Waals surface area (Å²) in [6.45, 7) is 5.74. The normalized spacial score (nSPS) is 13.6. The Kier molecular flexibility index (Phi) is 9.17. The summed E-state index contributed by atoms with van der Waals surface area (Å²) in [5, 5.41) is 15.6. The highest BCUT2D eigenvalue weighted by atomic mass is 19.1. The number of hydrogen-bond acceptors (Lipinski definition) is 6. The number of alkyl carbamates (subject to hydrolysis) is 1. The van der Waals surface area contributed by atoms with Gasteiger partial charge in [-0.2, -0.15) is 0 Å². The zero-order valence-corrected chi connectivity index (χ0v) is 16.3. The minimum atomic E-state index is -1.20. The number of ether oxygens (including phenoxy) is 2. The SMILES string of the molecule is COC(=O)[C@H](CCCCNC(=O)OC(C)(C)C)NC(O)c1cccc(F)c1. The highest BCUT2D eigenvalue weighted by Gasteiger charge is 2.22. The molecule has 1 aromatic carbocycles. The highest BCUT2D eigenvalue weighted by molar-refractivity contribution is 5.75. The topological polar surface area (TPSA) is 96.9 Å². The van der Waals surface area contributed by atoms with E-state index in [1.807, 2.05) is 0 Å². The van der Waals surface area contributed by atoms with Crippen molar-refractivity contribution in [1.29, 1.82) is 0 Å². The van der Waals surface area contributed by atoms with E-state index in [1.165, 1.54) is 25.3 Å². The summed E-state index contributed by atoms with van der Waals surface area (Å²) in [6.07, 6.45) is -0.103. The number of aliphatic hydroxyl groups excluding tert-OH is 1. The maximum absolute atomic E-state index is 13.3. The first-order chi connectivity index (χ1) is 12.6. The second kappa shape index (κ2) is 10.8. The Morgan fingerprint density at radius 3 is 2.56 bits per heavy atom. The molecule has 8 heteroatoms. The fourth-order valence-corrected chi connectivity index (χ4v) is 2.35. The average Bonchev–Trinajstić information content (AvgIpc) is 2.58. The molecule has 0 bridgehead atoms. The number of carbonyl (C=O) groups excluding carboxylic acids is 2. The molecule has 2 atom stereocenters. The van der Waals surface area contributed by atoms with Crippen LogP contribution in [0.15, 0.2) is 24.3 Å². The predicted molar refractivity (Wildman–Crippen MR) is 98.4 cm³/mol. The van der Waals surface area contributed by atoms with Gasteiger partial charge in [-0.3, -0.25) is 10.1 Å². The number of rotatable bonds is 9. The Morgan fingerprint density at radius 2 is 1.96 bits per heavy atom. The lowest BCUT2D eigenvalue weighted by atomic mass is 10.1. The quantitative estimate of drug-likeness (QED) is 0.344. The molecule has 0 aliphatic carbocycles. The standard InChI is InChI=1S/C19H29FN2O5/c1-19(2,3)27-18(25)21-11-6-5-10-15(17(24)26-4)22-16(23)13-8-7-9-14(20)12-13/h7-9,12,15-16,22-23H,5-6,10-11H2,1-4H3,(H,21,25)/t15-,16?/m0/s1. The molecule has 3 N–H and O–H groups in total. The number of aliphatic hydroxyl groups is 1. The van der Waals surface area contributed by atoms with Gasteiger partial charge in [0.2, 0.25) is 0 Å². The predicted octanol–water partition coefficient (Wildman–Crippen LogP) is 2.64. The molecule has 0 spiro atoms. The molecule has 0 fully saturated rings. The van der Waals surface area contributed by atoms with Crippen molar-refractivity contribution in [2.75, 3.05) is 13.7 Å². The zero-order chi connectivity index (χ0) is 20.4. The summed E-state index contributed by atoms with van der Waals surface area (Å²) in [5.41, 5.74) is -0.243. The molecule has 1 amide bonds. The van der Waals surface area contributed by atoms with Crippen molar-refractivity contribution >= 4 is 12.1 Å². The van der Waals surface area contributed by atoms with E-state index in [0.717, 1.165) is 0 Å². The number of carbonyl (C=O) groups is 2. The summed E-state index contributed by atoms with van der Waals surface area (Å²) in [5.74, 6) is -0.998. The van der Waals surface area contributed by atoms with Crippen LogP contribution in [0.1, 0.15) is 51.8 Å². The van der Waals surface area contributed by atoms with Gasteiger partial charge in [-0.1, -0.05) is 12.1 Å². The molecule has 0 aliphatic rings. The largest absolute Gasteiger partial charge is 0.468 e. The molecule has 0 radical (unpaired) electrons. The molecular weight excluding hydrogens is 355 g/mol. The van der Waals surface area contributed by atoms with Crippen LogP contribution in [0, 0.1) is 5.82 Å². The Hall–Kier alpha value is -2.19. The van der Waals surface area contributed by atoms with E-state index in [1.54, 1.807) is 26.8 Å². The number of halogens is 1. The van der Waals surface area contributed by atoms with Crippen LogP contribution in [-0.2, 0) is 14.3 Å². The van der Waals surface area contributed by atoms with Crippen LogP contribution < -0.4 is 10.6 Å². The third kappa shape index (κ3) is 9.35. The van der Waals surface area contributed by atoms with Crippen molar-refractivity contribution in [2.24, 2.45) is 0 Å². The first-order valence-corrected chi connectivity index (χ1v) is 8.86. The van der Waals surface area contributed by atoms with Gasteiger partial charge in [-0.15, -0.1) is 0 Å². The van der Waals surface area contributed by atoms with Crippen molar-refractivity contribution in [2.45, 2.75) is 57.9 Å². The summed E-state index contributed by atoms with van der Waals surface area (Å²) < 4.78 is 23.1. The Morgan fingerprint density at radius 1 is 1.26 bits per heavy atom. The average molecular weight is 384 g/mol. The summed E-state index contributed by atoms with van der Waals surface area (Å²) in [7, 11) is 1.26. The number of benzene rings is 1. The number of unbranched alkanes of at least 4 members (excludes halogenated alkanes) is 1. The number of hydrogen-bond donors (Lipinski definition) is 3. The molecule has 0 saturated carbocycles. The second-order valence-corrected chi connectivity index (χ2v) is 7.12. The number of methoxy groups -OCH3 is 1. The van der Waals surface area contributed by atoms with Crippen molar-refractivity contribution in [3.63, 3.8) is 0 Å². The van der Waals surface area contributed by atoms with E-state index in [4.69, 9.17) is 9.47 Å². The molecule has 0 saturated heterocycles. The van der Waals surface area contributed by atoms with Gasteiger partial charge in [0, 0.05) is 6.54 Å². The Bertz CT molecular complexity index is 618. The Balaban J connectivity index is 2.44. The monoisotopic (exact) mass is 384 g/mol. The molecule has 0 aliphatic heterocycles. The molecule has 7 nitrogen and oxygen atoms in total. The number of amides is 1. The van der Waals surface area contributed by atoms with E-state index < -0.39 is 35.8 Å². The van der Waals surface area contributed by atoms with Crippen LogP contribution in [0.2, 0.25) is 0 Å². The van der Waals surface area contributed by atoms with Gasteiger partial charge in [0.05, 0.1) is 7.11 Å². The minimum Gasteiger partial charge on any atom is -0.468 e. The van der Waals surface area contributed by atoms with Crippen LogP contribution >= 0.6 is 0 Å². The third-order valence-electron chi connectivity index (χ3n) is 3.60. The molecule has 0 aromatic heterocycles. The molecule has 0 heterocycles. The molecular formula is C19H29FN2O5. The van der Waals surface area contributed by atoms with Crippen LogP contribution in [-0.4, -0.2) is 42.5 Å². The third-order valence-corrected chi connectivity index (χ3v) is 3.60. The van der Waals surface area contributed by atoms with Crippen molar-refractivity contribution in [1.82, 2.24) is 10.6 Å². The fourth-order valence-electron chi connectivity index (χ4n) is 2.35. The first-order valence-electron chi connectivity index (χ1n) is 8.86. The van der Waals surface area contributed by atoms with E-state index in [9.17, 15) is 19.1 Å². The first kappa shape index (κ1) is 22.9. The van der Waals surface area contributed by atoms with Gasteiger partial charge in [0.25, 0.3) is 0 Å². The van der Waals surface area contributed by atoms with E-state index in [-0.39, 0.29) is 0 Å². The highest BCUT2D eigenvalue weighted by Crippen LogP contribution is 2.14. The summed E-state index contributed by atoms with van der Waals surface area (Å²) >= 11 is 0. The molecule has 1 aromatic rings. The molecule has 1 rings (SSSR count). The van der Waals surface area contributed by atoms with E-state index in [2.05, 4.69) is 10.6 Å². The maximum atomic E-state index is 13.3. The minimum absolute atomic E-state index is 0.315. The lowest BCUT2D eigenvalue weighted by Crippen LogP contribution is -2.40. The van der Waals surface area contributed by atoms with Gasteiger partial charge in [0.1, 0.15) is 23.7 Å². The van der Waals surface area contributed by atoms with E-state index in [0.29, 0.717) is 31.4 Å². The summed E-state index contributed by atoms with van der Waals surface area (Å²) in [6, 6.07) is 4.74. The lowest BCUT2D eigenvalue weighted by Gasteiger charge is -2.21. The fraction of sp³-hybridized carbons (Fsp3) is 0.579. The molecule has 152 valence electrons. The summed E-state index contributed by atoms with van der Waals surface area (Å²) in [4.78, 5) is 23.5. The van der Waals surface area contributed by atoms with Gasteiger partial charge >= 0.3 is 12.1 Å². The molecule has 27 heavy (non-hydrogen) atoms. The van der Waals surface area contributed by atoms with Gasteiger partial charge in [0.15, 0.2) is 0 Å². The maximum Gasteiger partial charge on any atom is 0.407 e. The number of esters is 1. The van der Waals surface area contributed by atoms with Crippen molar-refractivity contribution in [3.8, 4) is 0 Å². The molecule has 1 unspecified atom stereocenters. The van der Waals surface area contributed by atoms with Crippen molar-refractivity contribution < 1.29 is 28.6 Å². The second-order valence-electron chi connectivity index (χ2n) is 7.12.